The van der Waals surface area contributed by atoms with Gasteiger partial charge in [-0.1, -0.05) is 78.1 Å². The van der Waals surface area contributed by atoms with E-state index in [0.29, 0.717) is 0 Å². The Morgan fingerprint density at radius 3 is 2.24 bits per heavy atom. The van der Waals surface area contributed by atoms with Crippen LogP contribution in [0.5, 0.6) is 0 Å². The highest BCUT2D eigenvalue weighted by Crippen LogP contribution is 2.37. The van der Waals surface area contributed by atoms with Gasteiger partial charge in [0.1, 0.15) is 0 Å². The van der Waals surface area contributed by atoms with Gasteiger partial charge in [-0.2, -0.15) is 0 Å². The van der Waals surface area contributed by atoms with E-state index >= 15 is 0 Å². The lowest BCUT2D eigenvalue weighted by atomic mass is 10.0. The van der Waals surface area contributed by atoms with Crippen LogP contribution in [0.4, 0.5) is 0 Å². The van der Waals surface area contributed by atoms with Crippen molar-refractivity contribution in [3.8, 4) is 0 Å². The maximum absolute atomic E-state index is 3.75. The third-order valence-corrected chi connectivity index (χ3v) is 5.21. The Kier molecular flexibility index (Phi) is 4.45. The minimum Gasteiger partial charge on any atom is -0.0786 e. The summed E-state index contributed by atoms with van der Waals surface area (Å²) in [6.07, 6.45) is 0. The maximum atomic E-state index is 3.75. The van der Waals surface area contributed by atoms with E-state index in [-0.39, 0.29) is 4.83 Å². The zero-order valence-electron chi connectivity index (χ0n) is 9.25. The number of aryl methyl sites for hydroxylation is 1. The topological polar surface area (TPSA) is 0 Å². The van der Waals surface area contributed by atoms with E-state index in [1.807, 2.05) is 6.07 Å². The molecular weight excluding hydrogens is 408 g/mol. The van der Waals surface area contributed by atoms with Crippen LogP contribution < -0.4 is 0 Å². The molecule has 0 spiro atoms. The minimum absolute atomic E-state index is 0.204. The molecule has 0 bridgehead atoms. The van der Waals surface area contributed by atoms with Crippen molar-refractivity contribution in [2.75, 3.05) is 0 Å². The second-order valence-corrected chi connectivity index (χ2v) is 6.52. The molecule has 0 fully saturated rings. The lowest BCUT2D eigenvalue weighted by Crippen LogP contribution is -1.95. The molecule has 2 rings (SSSR count). The van der Waals surface area contributed by atoms with Gasteiger partial charge in [-0.3, -0.25) is 0 Å². The molecule has 0 aromatic heterocycles. The largest absolute Gasteiger partial charge is 0.0786 e. The first-order chi connectivity index (χ1) is 8.09. The van der Waals surface area contributed by atoms with Crippen molar-refractivity contribution in [3.63, 3.8) is 0 Å². The first-order valence-electron chi connectivity index (χ1n) is 5.24. The van der Waals surface area contributed by atoms with Gasteiger partial charge < -0.3 is 0 Å². The van der Waals surface area contributed by atoms with Crippen LogP contribution in [0.25, 0.3) is 0 Å². The summed E-state index contributed by atoms with van der Waals surface area (Å²) < 4.78 is 2.26. The van der Waals surface area contributed by atoms with Crippen LogP contribution in [0, 0.1) is 6.92 Å². The predicted molar refractivity (Wildman–Crippen MR) is 83.8 cm³/mol. The second-order valence-electron chi connectivity index (χ2n) is 3.90. The average molecular weight is 419 g/mol. The van der Waals surface area contributed by atoms with Crippen molar-refractivity contribution in [1.29, 1.82) is 0 Å². The predicted octanol–water partition coefficient (Wildman–Crippen LogP) is 6.00. The molecule has 2 aromatic rings. The molecule has 0 amide bonds. The SMILES string of the molecule is Cc1cc(Br)c(C(Br)c2ccccc2)cc1Br. The molecule has 0 nitrogen and oxygen atoms in total. The highest BCUT2D eigenvalue weighted by molar-refractivity contribution is 9.11. The molecule has 0 aliphatic carbocycles. The van der Waals surface area contributed by atoms with E-state index in [1.165, 1.54) is 16.7 Å². The van der Waals surface area contributed by atoms with Crippen LogP contribution in [-0.4, -0.2) is 0 Å². The number of benzene rings is 2. The Hall–Kier alpha value is -0.120. The molecule has 2 aromatic carbocycles. The Balaban J connectivity index is 2.44. The third-order valence-electron chi connectivity index (χ3n) is 2.64. The van der Waals surface area contributed by atoms with Gasteiger partial charge in [0.2, 0.25) is 0 Å². The Morgan fingerprint density at radius 2 is 1.59 bits per heavy atom. The van der Waals surface area contributed by atoms with Crippen molar-refractivity contribution in [1.82, 2.24) is 0 Å². The number of hydrogen-bond acceptors (Lipinski definition) is 0. The summed E-state index contributed by atoms with van der Waals surface area (Å²) in [5, 5.41) is 0. The first-order valence-corrected chi connectivity index (χ1v) is 7.74. The molecule has 0 saturated carbocycles. The number of alkyl halides is 1. The van der Waals surface area contributed by atoms with Crippen LogP contribution in [0.1, 0.15) is 21.5 Å². The molecule has 0 radical (unpaired) electrons. The van der Waals surface area contributed by atoms with Crippen molar-refractivity contribution >= 4 is 47.8 Å². The zero-order valence-corrected chi connectivity index (χ0v) is 14.0. The van der Waals surface area contributed by atoms with Gasteiger partial charge in [0.05, 0.1) is 4.83 Å². The standard InChI is InChI=1S/C14H11Br3/c1-9-7-13(16)11(8-12(9)15)14(17)10-5-3-2-4-6-10/h2-8,14H,1H3. The molecule has 88 valence electrons. The molecule has 17 heavy (non-hydrogen) atoms. The fraction of sp³-hybridized carbons (Fsp3) is 0.143. The van der Waals surface area contributed by atoms with Gasteiger partial charge in [-0.05, 0) is 35.7 Å². The first kappa shape index (κ1) is 13.3. The molecule has 0 aliphatic heterocycles. The number of rotatable bonds is 2. The number of hydrogen-bond donors (Lipinski definition) is 0. The van der Waals surface area contributed by atoms with E-state index < -0.39 is 0 Å². The van der Waals surface area contributed by atoms with Crippen molar-refractivity contribution < 1.29 is 0 Å². The molecule has 0 N–H and O–H groups in total. The smallest absolute Gasteiger partial charge is 0.0656 e. The van der Waals surface area contributed by atoms with Crippen LogP contribution in [0.3, 0.4) is 0 Å². The van der Waals surface area contributed by atoms with E-state index in [1.54, 1.807) is 0 Å². The summed E-state index contributed by atoms with van der Waals surface area (Å²) in [6.45, 7) is 2.09. The van der Waals surface area contributed by atoms with Gasteiger partial charge in [-0.15, -0.1) is 0 Å². The summed E-state index contributed by atoms with van der Waals surface area (Å²) in [4.78, 5) is 0.204. The Bertz CT molecular complexity index is 520. The summed E-state index contributed by atoms with van der Waals surface area (Å²) in [5.74, 6) is 0. The van der Waals surface area contributed by atoms with Gasteiger partial charge in [-0.25, -0.2) is 0 Å². The highest BCUT2D eigenvalue weighted by Gasteiger charge is 2.14. The molecule has 1 unspecified atom stereocenters. The van der Waals surface area contributed by atoms with Crippen LogP contribution in [-0.2, 0) is 0 Å². The number of halogens is 3. The van der Waals surface area contributed by atoms with E-state index in [0.717, 1.165) is 8.95 Å². The van der Waals surface area contributed by atoms with Crippen molar-refractivity contribution in [2.45, 2.75) is 11.8 Å². The summed E-state index contributed by atoms with van der Waals surface area (Å²) in [6, 6.07) is 14.7. The van der Waals surface area contributed by atoms with Gasteiger partial charge in [0, 0.05) is 8.95 Å². The molecule has 1 atom stereocenters. The lowest BCUT2D eigenvalue weighted by molar-refractivity contribution is 1.15. The van der Waals surface area contributed by atoms with Crippen molar-refractivity contribution in [2.24, 2.45) is 0 Å². The maximum Gasteiger partial charge on any atom is 0.0656 e. The van der Waals surface area contributed by atoms with Gasteiger partial charge in [0.25, 0.3) is 0 Å². The lowest BCUT2D eigenvalue weighted by Gasteiger charge is -2.14. The molecular formula is C14H11Br3. The average Bonchev–Trinajstić information content (AvgIpc) is 2.34. The van der Waals surface area contributed by atoms with Crippen molar-refractivity contribution in [3.05, 3.63) is 68.1 Å². The second kappa shape index (κ2) is 5.68. The zero-order chi connectivity index (χ0) is 12.4. The minimum atomic E-state index is 0.204. The summed E-state index contributed by atoms with van der Waals surface area (Å²) >= 11 is 11.0. The van der Waals surface area contributed by atoms with Gasteiger partial charge >= 0.3 is 0 Å². The fourth-order valence-electron chi connectivity index (χ4n) is 1.66. The quantitative estimate of drug-likeness (QED) is 0.524. The van der Waals surface area contributed by atoms with E-state index in [2.05, 4.69) is 91.1 Å². The van der Waals surface area contributed by atoms with E-state index in [9.17, 15) is 0 Å². The third kappa shape index (κ3) is 3.01. The van der Waals surface area contributed by atoms with Gasteiger partial charge in [0.15, 0.2) is 0 Å². The Labute approximate surface area is 127 Å². The summed E-state index contributed by atoms with van der Waals surface area (Å²) in [5.41, 5.74) is 3.71. The molecule has 0 heterocycles. The Morgan fingerprint density at radius 1 is 0.941 bits per heavy atom. The van der Waals surface area contributed by atoms with E-state index in [4.69, 9.17) is 0 Å². The monoisotopic (exact) mass is 416 g/mol. The van der Waals surface area contributed by atoms with Crippen LogP contribution >= 0.6 is 47.8 Å². The molecule has 0 aliphatic rings. The highest BCUT2D eigenvalue weighted by atomic mass is 79.9. The summed E-state index contributed by atoms with van der Waals surface area (Å²) in [7, 11) is 0. The normalized spacial score (nSPS) is 12.5. The molecule has 0 saturated heterocycles. The van der Waals surface area contributed by atoms with Crippen LogP contribution in [0.2, 0.25) is 0 Å². The fourth-order valence-corrected chi connectivity index (χ4v) is 3.70. The molecule has 3 heteroatoms. The van der Waals surface area contributed by atoms with Crippen LogP contribution in [0.15, 0.2) is 51.4 Å².